The van der Waals surface area contributed by atoms with Crippen molar-refractivity contribution in [2.24, 2.45) is 17.6 Å². The molecule has 19 heavy (non-hydrogen) atoms. The molecule has 1 saturated heterocycles. The SMILES string of the molecule is CC(C)C1CCCN(C(CN)c2cc(Cl)cs2)CC1. The zero-order valence-corrected chi connectivity index (χ0v) is 13.5. The minimum atomic E-state index is 0.350. The van der Waals surface area contributed by atoms with E-state index in [9.17, 15) is 0 Å². The highest BCUT2D eigenvalue weighted by Gasteiger charge is 2.25. The molecule has 4 heteroatoms. The molecule has 1 aliphatic rings. The van der Waals surface area contributed by atoms with E-state index in [1.165, 1.54) is 37.2 Å². The van der Waals surface area contributed by atoms with Crippen molar-refractivity contribution in [2.75, 3.05) is 19.6 Å². The van der Waals surface area contributed by atoms with Gasteiger partial charge in [-0.25, -0.2) is 0 Å². The molecule has 2 atom stereocenters. The van der Waals surface area contributed by atoms with Crippen LogP contribution in [0, 0.1) is 11.8 Å². The first kappa shape index (κ1) is 15.3. The Morgan fingerprint density at radius 2 is 2.21 bits per heavy atom. The first-order valence-electron chi connectivity index (χ1n) is 7.30. The lowest BCUT2D eigenvalue weighted by Crippen LogP contribution is -2.34. The van der Waals surface area contributed by atoms with Gasteiger partial charge in [-0.3, -0.25) is 4.90 Å². The van der Waals surface area contributed by atoms with Crippen molar-refractivity contribution >= 4 is 22.9 Å². The van der Waals surface area contributed by atoms with Gasteiger partial charge >= 0.3 is 0 Å². The Hall–Kier alpha value is -0.0900. The summed E-state index contributed by atoms with van der Waals surface area (Å²) in [6, 6.07) is 2.43. The molecule has 0 aliphatic carbocycles. The molecule has 1 aliphatic heterocycles. The maximum Gasteiger partial charge on any atom is 0.0564 e. The van der Waals surface area contributed by atoms with Gasteiger partial charge in [0.15, 0.2) is 0 Å². The zero-order chi connectivity index (χ0) is 13.8. The van der Waals surface area contributed by atoms with E-state index in [4.69, 9.17) is 17.3 Å². The first-order valence-corrected chi connectivity index (χ1v) is 8.55. The topological polar surface area (TPSA) is 29.3 Å². The van der Waals surface area contributed by atoms with Crippen LogP contribution in [-0.2, 0) is 0 Å². The molecule has 0 bridgehead atoms. The third-order valence-corrected chi connectivity index (χ3v) is 5.71. The zero-order valence-electron chi connectivity index (χ0n) is 11.9. The van der Waals surface area contributed by atoms with Crippen LogP contribution < -0.4 is 5.73 Å². The highest BCUT2D eigenvalue weighted by Crippen LogP contribution is 2.32. The molecule has 1 aromatic heterocycles. The maximum absolute atomic E-state index is 6.05. The number of thiophene rings is 1. The summed E-state index contributed by atoms with van der Waals surface area (Å²) in [6.45, 7) is 7.71. The van der Waals surface area contributed by atoms with Crippen LogP contribution in [0.3, 0.4) is 0 Å². The number of halogens is 1. The monoisotopic (exact) mass is 300 g/mol. The van der Waals surface area contributed by atoms with Crippen LogP contribution in [0.1, 0.15) is 44.0 Å². The Balaban J connectivity index is 2.03. The molecular weight excluding hydrogens is 276 g/mol. The summed E-state index contributed by atoms with van der Waals surface area (Å²) < 4.78 is 0. The molecule has 108 valence electrons. The highest BCUT2D eigenvalue weighted by molar-refractivity contribution is 7.10. The minimum absolute atomic E-state index is 0.350. The van der Waals surface area contributed by atoms with Gasteiger partial charge in [0.1, 0.15) is 0 Å². The number of nitrogens with zero attached hydrogens (tertiary/aromatic N) is 1. The van der Waals surface area contributed by atoms with Crippen LogP contribution in [0.4, 0.5) is 0 Å². The van der Waals surface area contributed by atoms with Crippen molar-refractivity contribution in [3.05, 3.63) is 21.3 Å². The van der Waals surface area contributed by atoms with Crippen LogP contribution in [0.25, 0.3) is 0 Å². The molecule has 0 saturated carbocycles. The van der Waals surface area contributed by atoms with Gasteiger partial charge < -0.3 is 5.73 Å². The minimum Gasteiger partial charge on any atom is -0.329 e. The lowest BCUT2D eigenvalue weighted by molar-refractivity contribution is 0.206. The number of rotatable bonds is 4. The van der Waals surface area contributed by atoms with Gasteiger partial charge in [-0.2, -0.15) is 0 Å². The van der Waals surface area contributed by atoms with Gasteiger partial charge in [0, 0.05) is 16.8 Å². The molecular formula is C15H25ClN2S. The van der Waals surface area contributed by atoms with Gasteiger partial charge in [-0.15, -0.1) is 11.3 Å². The highest BCUT2D eigenvalue weighted by atomic mass is 35.5. The van der Waals surface area contributed by atoms with Crippen molar-refractivity contribution < 1.29 is 0 Å². The Morgan fingerprint density at radius 3 is 2.79 bits per heavy atom. The summed E-state index contributed by atoms with van der Waals surface area (Å²) in [6.07, 6.45) is 3.95. The summed E-state index contributed by atoms with van der Waals surface area (Å²) in [5, 5.41) is 2.85. The van der Waals surface area contributed by atoms with E-state index in [0.29, 0.717) is 12.6 Å². The molecule has 2 heterocycles. The molecule has 0 aromatic carbocycles. The van der Waals surface area contributed by atoms with Crippen molar-refractivity contribution in [1.29, 1.82) is 0 Å². The molecule has 0 amide bonds. The summed E-state index contributed by atoms with van der Waals surface area (Å²) in [4.78, 5) is 3.88. The van der Waals surface area contributed by atoms with Gasteiger partial charge in [0.05, 0.1) is 11.1 Å². The summed E-state index contributed by atoms with van der Waals surface area (Å²) in [5.74, 6) is 1.67. The molecule has 1 aromatic rings. The van der Waals surface area contributed by atoms with Gasteiger partial charge in [-0.1, -0.05) is 25.4 Å². The maximum atomic E-state index is 6.05. The van der Waals surface area contributed by atoms with E-state index in [-0.39, 0.29) is 0 Å². The molecule has 0 radical (unpaired) electrons. The van der Waals surface area contributed by atoms with Crippen LogP contribution >= 0.6 is 22.9 Å². The summed E-state index contributed by atoms with van der Waals surface area (Å²) in [7, 11) is 0. The number of hydrogen-bond donors (Lipinski definition) is 1. The average Bonchev–Trinajstić information content (AvgIpc) is 2.65. The quantitative estimate of drug-likeness (QED) is 0.904. The third-order valence-electron chi connectivity index (χ3n) is 4.33. The summed E-state index contributed by atoms with van der Waals surface area (Å²) in [5.41, 5.74) is 6.01. The fourth-order valence-electron chi connectivity index (χ4n) is 3.07. The predicted molar refractivity (Wildman–Crippen MR) is 84.9 cm³/mol. The van der Waals surface area contributed by atoms with Crippen molar-refractivity contribution in [3.63, 3.8) is 0 Å². The van der Waals surface area contributed by atoms with Crippen molar-refractivity contribution in [1.82, 2.24) is 4.90 Å². The molecule has 2 rings (SSSR count). The number of hydrogen-bond acceptors (Lipinski definition) is 3. The molecule has 2 nitrogen and oxygen atoms in total. The third kappa shape index (κ3) is 3.94. The van der Waals surface area contributed by atoms with E-state index >= 15 is 0 Å². The standard InChI is InChI=1S/C15H25ClN2S/c1-11(2)12-4-3-6-18(7-5-12)14(9-17)15-8-13(16)10-19-15/h8,10-12,14H,3-7,9,17H2,1-2H3. The lowest BCUT2D eigenvalue weighted by atomic mass is 9.89. The van der Waals surface area contributed by atoms with Crippen LogP contribution in [0.15, 0.2) is 11.4 Å². The van der Waals surface area contributed by atoms with E-state index in [1.54, 1.807) is 11.3 Å². The Labute approximate surface area is 125 Å². The van der Waals surface area contributed by atoms with Gasteiger partial charge in [0.25, 0.3) is 0 Å². The Morgan fingerprint density at radius 1 is 1.42 bits per heavy atom. The van der Waals surface area contributed by atoms with Crippen LogP contribution in [0.5, 0.6) is 0 Å². The van der Waals surface area contributed by atoms with Crippen LogP contribution in [0.2, 0.25) is 5.02 Å². The fraction of sp³-hybridized carbons (Fsp3) is 0.733. The molecule has 2 unspecified atom stereocenters. The smallest absolute Gasteiger partial charge is 0.0564 e. The van der Waals surface area contributed by atoms with Crippen molar-refractivity contribution in [3.8, 4) is 0 Å². The lowest BCUT2D eigenvalue weighted by Gasteiger charge is -2.29. The van der Waals surface area contributed by atoms with E-state index < -0.39 is 0 Å². The van der Waals surface area contributed by atoms with Gasteiger partial charge in [0.2, 0.25) is 0 Å². The molecule has 2 N–H and O–H groups in total. The second kappa shape index (κ2) is 7.07. The number of nitrogens with two attached hydrogens (primary N) is 1. The number of likely N-dealkylation sites (tertiary alicyclic amines) is 1. The second-order valence-electron chi connectivity index (χ2n) is 5.89. The first-order chi connectivity index (χ1) is 9.11. The second-order valence-corrected chi connectivity index (χ2v) is 7.27. The van der Waals surface area contributed by atoms with Crippen LogP contribution in [-0.4, -0.2) is 24.5 Å². The van der Waals surface area contributed by atoms with Gasteiger partial charge in [-0.05, 0) is 50.3 Å². The van der Waals surface area contributed by atoms with E-state index in [1.807, 2.05) is 5.38 Å². The normalized spacial score (nSPS) is 23.5. The molecule has 0 spiro atoms. The Bertz CT molecular complexity index is 391. The van der Waals surface area contributed by atoms with Crippen molar-refractivity contribution in [2.45, 2.75) is 39.2 Å². The molecule has 1 fully saturated rings. The average molecular weight is 301 g/mol. The van der Waals surface area contributed by atoms with E-state index in [2.05, 4.69) is 24.8 Å². The van der Waals surface area contributed by atoms with E-state index in [0.717, 1.165) is 16.9 Å². The fourth-order valence-corrected chi connectivity index (χ4v) is 4.30. The Kier molecular flexibility index (Phi) is 5.70. The summed E-state index contributed by atoms with van der Waals surface area (Å²) >= 11 is 7.78. The predicted octanol–water partition coefficient (Wildman–Crippen LogP) is 4.16. The largest absolute Gasteiger partial charge is 0.329 e.